The molecule has 1 atom stereocenters. The number of nitriles is 1. The Labute approximate surface area is 106 Å². The van der Waals surface area contributed by atoms with E-state index in [1.807, 2.05) is 19.9 Å². The van der Waals surface area contributed by atoms with Crippen molar-refractivity contribution in [3.05, 3.63) is 29.6 Å². The Kier molecular flexibility index (Phi) is 5.56. The molecule has 0 saturated carbocycles. The average Bonchev–Trinajstić information content (AvgIpc) is 2.34. The SMILES string of the molecule is CC(C)OCC(O)COc1ccc(C#N)cc1F. The van der Waals surface area contributed by atoms with Gasteiger partial charge in [0.2, 0.25) is 0 Å². The maximum Gasteiger partial charge on any atom is 0.166 e. The van der Waals surface area contributed by atoms with Gasteiger partial charge in [0.25, 0.3) is 0 Å². The third kappa shape index (κ3) is 4.70. The molecule has 0 aliphatic carbocycles. The molecule has 0 aliphatic heterocycles. The zero-order valence-electron chi connectivity index (χ0n) is 10.4. The van der Waals surface area contributed by atoms with Crippen LogP contribution in [0.2, 0.25) is 0 Å². The minimum atomic E-state index is -0.817. The van der Waals surface area contributed by atoms with Crippen molar-refractivity contribution in [1.82, 2.24) is 0 Å². The Bertz CT molecular complexity index is 429. The minimum absolute atomic E-state index is 0.0117. The van der Waals surface area contributed by atoms with Crippen LogP contribution in [0.15, 0.2) is 18.2 Å². The lowest BCUT2D eigenvalue weighted by Gasteiger charge is -2.14. The van der Waals surface area contributed by atoms with E-state index in [0.717, 1.165) is 6.07 Å². The van der Waals surface area contributed by atoms with Crippen molar-refractivity contribution in [2.75, 3.05) is 13.2 Å². The van der Waals surface area contributed by atoms with Gasteiger partial charge in [0.15, 0.2) is 11.6 Å². The van der Waals surface area contributed by atoms with Crippen molar-refractivity contribution in [3.63, 3.8) is 0 Å². The highest BCUT2D eigenvalue weighted by Crippen LogP contribution is 2.18. The lowest BCUT2D eigenvalue weighted by atomic mass is 10.2. The first kappa shape index (κ1) is 14.4. The second kappa shape index (κ2) is 6.94. The predicted molar refractivity (Wildman–Crippen MR) is 63.7 cm³/mol. The van der Waals surface area contributed by atoms with E-state index >= 15 is 0 Å². The zero-order chi connectivity index (χ0) is 13.5. The normalized spacial score (nSPS) is 12.2. The van der Waals surface area contributed by atoms with E-state index in [9.17, 15) is 9.50 Å². The Morgan fingerprint density at radius 1 is 1.39 bits per heavy atom. The first-order valence-corrected chi connectivity index (χ1v) is 5.65. The molecule has 0 aromatic heterocycles. The van der Waals surface area contributed by atoms with Crippen molar-refractivity contribution in [2.45, 2.75) is 26.1 Å². The fraction of sp³-hybridized carbons (Fsp3) is 0.462. The van der Waals surface area contributed by atoms with Gasteiger partial charge in [-0.15, -0.1) is 0 Å². The second-order valence-corrected chi connectivity index (χ2v) is 4.10. The van der Waals surface area contributed by atoms with Gasteiger partial charge in [0.05, 0.1) is 24.3 Å². The summed E-state index contributed by atoms with van der Waals surface area (Å²) in [5, 5.41) is 18.1. The van der Waals surface area contributed by atoms with Gasteiger partial charge in [0, 0.05) is 0 Å². The number of ether oxygens (including phenoxy) is 2. The van der Waals surface area contributed by atoms with E-state index in [4.69, 9.17) is 14.7 Å². The van der Waals surface area contributed by atoms with Crippen LogP contribution in [0.3, 0.4) is 0 Å². The molecule has 1 unspecified atom stereocenters. The lowest BCUT2D eigenvalue weighted by Crippen LogP contribution is -2.25. The van der Waals surface area contributed by atoms with Crippen LogP contribution in [0.5, 0.6) is 5.75 Å². The minimum Gasteiger partial charge on any atom is -0.488 e. The fourth-order valence-corrected chi connectivity index (χ4v) is 1.23. The van der Waals surface area contributed by atoms with Crippen LogP contribution in [-0.4, -0.2) is 30.5 Å². The molecule has 0 saturated heterocycles. The summed E-state index contributed by atoms with van der Waals surface area (Å²) in [7, 11) is 0. The topological polar surface area (TPSA) is 62.5 Å². The van der Waals surface area contributed by atoms with Crippen LogP contribution in [0.4, 0.5) is 4.39 Å². The molecule has 1 aromatic carbocycles. The Balaban J connectivity index is 2.46. The highest BCUT2D eigenvalue weighted by Gasteiger charge is 2.09. The average molecular weight is 253 g/mol. The summed E-state index contributed by atoms with van der Waals surface area (Å²) in [5.41, 5.74) is 0.225. The maximum atomic E-state index is 13.4. The molecule has 1 N–H and O–H groups in total. The highest BCUT2D eigenvalue weighted by molar-refractivity contribution is 5.35. The van der Waals surface area contributed by atoms with Gasteiger partial charge < -0.3 is 14.6 Å². The van der Waals surface area contributed by atoms with Crippen LogP contribution in [0.25, 0.3) is 0 Å². The number of hydrogen-bond donors (Lipinski definition) is 1. The summed E-state index contributed by atoms with van der Waals surface area (Å²) >= 11 is 0. The summed E-state index contributed by atoms with van der Waals surface area (Å²) in [6.45, 7) is 3.78. The number of benzene rings is 1. The summed E-state index contributed by atoms with van der Waals surface area (Å²) < 4.78 is 23.7. The van der Waals surface area contributed by atoms with Crippen LogP contribution < -0.4 is 4.74 Å². The van der Waals surface area contributed by atoms with Crippen molar-refractivity contribution in [1.29, 1.82) is 5.26 Å². The monoisotopic (exact) mass is 253 g/mol. The van der Waals surface area contributed by atoms with Gasteiger partial charge in [0.1, 0.15) is 12.7 Å². The first-order valence-electron chi connectivity index (χ1n) is 5.65. The summed E-state index contributed by atoms with van der Waals surface area (Å²) in [6.07, 6.45) is -0.797. The van der Waals surface area contributed by atoms with Crippen molar-refractivity contribution in [2.24, 2.45) is 0 Å². The molecule has 0 fully saturated rings. The van der Waals surface area contributed by atoms with Gasteiger partial charge in [-0.1, -0.05) is 0 Å². The van der Waals surface area contributed by atoms with Crippen LogP contribution in [0, 0.1) is 17.1 Å². The van der Waals surface area contributed by atoms with Crippen LogP contribution in [0.1, 0.15) is 19.4 Å². The molecule has 0 amide bonds. The molecule has 1 rings (SSSR count). The summed E-state index contributed by atoms with van der Waals surface area (Å²) in [4.78, 5) is 0. The summed E-state index contributed by atoms with van der Waals surface area (Å²) in [5.74, 6) is -0.608. The third-order valence-corrected chi connectivity index (χ3v) is 2.11. The molecule has 0 radical (unpaired) electrons. The highest BCUT2D eigenvalue weighted by atomic mass is 19.1. The van der Waals surface area contributed by atoms with Gasteiger partial charge in [-0.3, -0.25) is 0 Å². The van der Waals surface area contributed by atoms with Gasteiger partial charge in [-0.2, -0.15) is 5.26 Å². The Morgan fingerprint density at radius 2 is 2.11 bits per heavy atom. The molecule has 0 aliphatic rings. The van der Waals surface area contributed by atoms with Gasteiger partial charge in [-0.25, -0.2) is 4.39 Å². The number of hydrogen-bond acceptors (Lipinski definition) is 4. The fourth-order valence-electron chi connectivity index (χ4n) is 1.23. The Hall–Kier alpha value is -1.64. The number of rotatable bonds is 6. The van der Waals surface area contributed by atoms with Crippen LogP contribution >= 0.6 is 0 Å². The van der Waals surface area contributed by atoms with E-state index in [1.165, 1.54) is 12.1 Å². The van der Waals surface area contributed by atoms with E-state index in [1.54, 1.807) is 0 Å². The largest absolute Gasteiger partial charge is 0.488 e. The van der Waals surface area contributed by atoms with Crippen LogP contribution in [-0.2, 0) is 4.74 Å². The van der Waals surface area contributed by atoms with Crippen molar-refractivity contribution in [3.8, 4) is 11.8 Å². The van der Waals surface area contributed by atoms with E-state index in [2.05, 4.69) is 0 Å². The first-order chi connectivity index (χ1) is 8.52. The summed E-state index contributed by atoms with van der Waals surface area (Å²) in [6, 6.07) is 5.74. The van der Waals surface area contributed by atoms with Gasteiger partial charge >= 0.3 is 0 Å². The number of aliphatic hydroxyl groups excluding tert-OH is 1. The molecule has 0 heterocycles. The molecule has 1 aromatic rings. The molecular formula is C13H16FNO3. The standard InChI is InChI=1S/C13H16FNO3/c1-9(2)17-7-11(16)8-18-13-4-3-10(6-15)5-12(13)14/h3-5,9,11,16H,7-8H2,1-2H3. The van der Waals surface area contributed by atoms with Crippen molar-refractivity contribution >= 4 is 0 Å². The molecule has 0 spiro atoms. The number of nitrogens with zero attached hydrogens (tertiary/aromatic N) is 1. The van der Waals surface area contributed by atoms with Crippen molar-refractivity contribution < 1.29 is 19.0 Å². The lowest BCUT2D eigenvalue weighted by molar-refractivity contribution is -0.0127. The molecule has 0 bridgehead atoms. The quantitative estimate of drug-likeness (QED) is 0.840. The zero-order valence-corrected chi connectivity index (χ0v) is 10.4. The molecule has 18 heavy (non-hydrogen) atoms. The molecule has 98 valence electrons. The third-order valence-electron chi connectivity index (χ3n) is 2.11. The van der Waals surface area contributed by atoms with Gasteiger partial charge in [-0.05, 0) is 32.0 Å². The smallest absolute Gasteiger partial charge is 0.166 e. The van der Waals surface area contributed by atoms with E-state index in [0.29, 0.717) is 0 Å². The predicted octanol–water partition coefficient (Wildman–Crippen LogP) is 1.86. The number of halogens is 1. The molecular weight excluding hydrogens is 237 g/mol. The second-order valence-electron chi connectivity index (χ2n) is 4.10. The van der Waals surface area contributed by atoms with E-state index in [-0.39, 0.29) is 30.6 Å². The molecule has 4 nitrogen and oxygen atoms in total. The molecule has 5 heteroatoms. The Morgan fingerprint density at radius 3 is 2.67 bits per heavy atom. The number of aliphatic hydroxyl groups is 1. The maximum absolute atomic E-state index is 13.4. The van der Waals surface area contributed by atoms with E-state index < -0.39 is 11.9 Å².